The Balaban J connectivity index is 1.90. The molecule has 0 aromatic rings. The van der Waals surface area contributed by atoms with E-state index in [0.29, 0.717) is 11.8 Å². The van der Waals surface area contributed by atoms with E-state index in [1.54, 1.807) is 19.0 Å². The quantitative estimate of drug-likeness (QED) is 0.808. The number of rotatable bonds is 1. The van der Waals surface area contributed by atoms with Crippen molar-refractivity contribution in [2.75, 3.05) is 27.2 Å². The number of alkyl carbamates (subject to hydrolysis) is 1. The first-order valence-electron chi connectivity index (χ1n) is 7.96. The van der Waals surface area contributed by atoms with Crippen LogP contribution in [0.4, 0.5) is 9.59 Å². The molecular formula is C16H29N3O3. The van der Waals surface area contributed by atoms with Gasteiger partial charge in [-0.25, -0.2) is 9.59 Å². The van der Waals surface area contributed by atoms with Crippen molar-refractivity contribution in [2.24, 2.45) is 11.8 Å². The van der Waals surface area contributed by atoms with Crippen LogP contribution in [0.2, 0.25) is 0 Å². The van der Waals surface area contributed by atoms with Crippen LogP contribution in [0.25, 0.3) is 0 Å². The van der Waals surface area contributed by atoms with Crippen molar-refractivity contribution in [1.29, 1.82) is 0 Å². The number of likely N-dealkylation sites (tertiary alicyclic amines) is 1. The SMILES string of the molecule is CN(C)C(=O)N1C[C@@H]2CC(C)(NC(=O)OC(C)(C)C)C[C@@H]2C1. The molecule has 22 heavy (non-hydrogen) atoms. The summed E-state index contributed by atoms with van der Waals surface area (Å²) in [5.41, 5.74) is -0.714. The molecule has 1 N–H and O–H groups in total. The van der Waals surface area contributed by atoms with E-state index >= 15 is 0 Å². The molecular weight excluding hydrogens is 282 g/mol. The zero-order chi connectivity index (χ0) is 16.7. The number of ether oxygens (including phenoxy) is 1. The van der Waals surface area contributed by atoms with Crippen LogP contribution in [0.3, 0.4) is 0 Å². The van der Waals surface area contributed by atoms with Crippen LogP contribution in [0.1, 0.15) is 40.5 Å². The van der Waals surface area contributed by atoms with Crippen LogP contribution in [0, 0.1) is 11.8 Å². The first-order valence-corrected chi connectivity index (χ1v) is 7.96. The molecule has 6 nitrogen and oxygen atoms in total. The Labute approximate surface area is 133 Å². The average Bonchev–Trinajstić information content (AvgIpc) is 2.79. The van der Waals surface area contributed by atoms with Crippen molar-refractivity contribution in [2.45, 2.75) is 51.7 Å². The van der Waals surface area contributed by atoms with Crippen LogP contribution in [-0.2, 0) is 4.74 Å². The van der Waals surface area contributed by atoms with Gasteiger partial charge in [-0.1, -0.05) is 0 Å². The van der Waals surface area contributed by atoms with Gasteiger partial charge in [0.1, 0.15) is 5.60 Å². The lowest BCUT2D eigenvalue weighted by Crippen LogP contribution is -2.47. The minimum atomic E-state index is -0.482. The van der Waals surface area contributed by atoms with Gasteiger partial charge in [-0.2, -0.15) is 0 Å². The number of amides is 3. The van der Waals surface area contributed by atoms with E-state index in [-0.39, 0.29) is 17.7 Å². The summed E-state index contributed by atoms with van der Waals surface area (Å²) >= 11 is 0. The standard InChI is InChI=1S/C16H29N3O3/c1-15(2,3)22-13(20)17-16(4)7-11-9-19(10-12(11)8-16)14(21)18(5)6/h11-12H,7-10H2,1-6H3,(H,17,20)/t11-,12+,16?. The number of hydrogen-bond acceptors (Lipinski definition) is 3. The van der Waals surface area contributed by atoms with Gasteiger partial charge in [0.05, 0.1) is 0 Å². The first-order chi connectivity index (χ1) is 9.99. The second kappa shape index (κ2) is 5.63. The molecule has 2 fully saturated rings. The molecule has 1 heterocycles. The topological polar surface area (TPSA) is 61.9 Å². The van der Waals surface area contributed by atoms with Crippen LogP contribution < -0.4 is 5.32 Å². The molecule has 126 valence electrons. The Morgan fingerprint density at radius 3 is 2.09 bits per heavy atom. The first kappa shape index (κ1) is 16.9. The Morgan fingerprint density at radius 1 is 1.18 bits per heavy atom. The summed E-state index contributed by atoms with van der Waals surface area (Å²) in [6, 6.07) is 0.0798. The number of carbonyl (C=O) groups is 2. The van der Waals surface area contributed by atoms with Gasteiger partial charge >= 0.3 is 12.1 Å². The summed E-state index contributed by atoms with van der Waals surface area (Å²) in [5.74, 6) is 0.924. The molecule has 0 spiro atoms. The number of fused-ring (bicyclic) bond motifs is 1. The zero-order valence-corrected chi connectivity index (χ0v) is 14.6. The van der Waals surface area contributed by atoms with Gasteiger partial charge in [0.2, 0.25) is 0 Å². The molecule has 2 aliphatic rings. The van der Waals surface area contributed by atoms with Crippen molar-refractivity contribution in [1.82, 2.24) is 15.1 Å². The predicted octanol–water partition coefficient (Wildman–Crippen LogP) is 2.29. The largest absolute Gasteiger partial charge is 0.444 e. The lowest BCUT2D eigenvalue weighted by molar-refractivity contribution is 0.0460. The normalized spacial score (nSPS) is 30.9. The maximum absolute atomic E-state index is 12.0. The zero-order valence-electron chi connectivity index (χ0n) is 14.6. The highest BCUT2D eigenvalue weighted by atomic mass is 16.6. The summed E-state index contributed by atoms with van der Waals surface area (Å²) in [4.78, 5) is 27.6. The van der Waals surface area contributed by atoms with Crippen molar-refractivity contribution in [3.05, 3.63) is 0 Å². The second-order valence-corrected chi connectivity index (χ2v) is 8.20. The van der Waals surface area contributed by atoms with E-state index in [2.05, 4.69) is 12.2 Å². The Bertz CT molecular complexity index is 442. The molecule has 3 amide bonds. The van der Waals surface area contributed by atoms with E-state index in [9.17, 15) is 9.59 Å². The molecule has 1 saturated carbocycles. The fourth-order valence-corrected chi connectivity index (χ4v) is 3.73. The molecule has 0 bridgehead atoms. The van der Waals surface area contributed by atoms with Gasteiger partial charge in [-0.05, 0) is 52.4 Å². The highest BCUT2D eigenvalue weighted by molar-refractivity contribution is 5.74. The summed E-state index contributed by atoms with van der Waals surface area (Å²) in [6.07, 6.45) is 1.44. The minimum Gasteiger partial charge on any atom is -0.444 e. The molecule has 1 aliphatic carbocycles. The smallest absolute Gasteiger partial charge is 0.408 e. The molecule has 1 saturated heterocycles. The molecule has 3 atom stereocenters. The van der Waals surface area contributed by atoms with E-state index in [0.717, 1.165) is 25.9 Å². The number of hydrogen-bond donors (Lipinski definition) is 1. The fraction of sp³-hybridized carbons (Fsp3) is 0.875. The Morgan fingerprint density at radius 2 is 1.68 bits per heavy atom. The number of nitrogens with zero attached hydrogens (tertiary/aromatic N) is 2. The van der Waals surface area contributed by atoms with Gasteiger partial charge in [0.25, 0.3) is 0 Å². The Kier molecular flexibility index (Phi) is 4.33. The molecule has 1 aliphatic heterocycles. The minimum absolute atomic E-state index is 0.0798. The van der Waals surface area contributed by atoms with Crippen LogP contribution >= 0.6 is 0 Å². The van der Waals surface area contributed by atoms with E-state index in [1.807, 2.05) is 25.7 Å². The summed E-state index contributed by atoms with van der Waals surface area (Å²) in [7, 11) is 3.56. The average molecular weight is 311 g/mol. The number of carbonyl (C=O) groups excluding carboxylic acids is 2. The van der Waals surface area contributed by atoms with Gasteiger partial charge in [0.15, 0.2) is 0 Å². The third-order valence-electron chi connectivity index (χ3n) is 4.46. The maximum atomic E-state index is 12.0. The third-order valence-corrected chi connectivity index (χ3v) is 4.46. The van der Waals surface area contributed by atoms with Crippen molar-refractivity contribution in [3.63, 3.8) is 0 Å². The van der Waals surface area contributed by atoms with Crippen LogP contribution in [0.5, 0.6) is 0 Å². The predicted molar refractivity (Wildman–Crippen MR) is 84.6 cm³/mol. The fourth-order valence-electron chi connectivity index (χ4n) is 3.73. The monoisotopic (exact) mass is 311 g/mol. The molecule has 0 aromatic heterocycles. The van der Waals surface area contributed by atoms with Gasteiger partial charge in [0, 0.05) is 32.7 Å². The maximum Gasteiger partial charge on any atom is 0.408 e. The lowest BCUT2D eigenvalue weighted by Gasteiger charge is -2.30. The van der Waals surface area contributed by atoms with E-state index < -0.39 is 5.60 Å². The highest BCUT2D eigenvalue weighted by Crippen LogP contribution is 2.44. The van der Waals surface area contributed by atoms with Crippen molar-refractivity contribution >= 4 is 12.1 Å². The number of urea groups is 1. The lowest BCUT2D eigenvalue weighted by atomic mass is 9.98. The van der Waals surface area contributed by atoms with Gasteiger partial charge < -0.3 is 19.9 Å². The molecule has 6 heteroatoms. The molecule has 2 rings (SSSR count). The highest BCUT2D eigenvalue weighted by Gasteiger charge is 2.48. The summed E-state index contributed by atoms with van der Waals surface area (Å²) in [6.45, 7) is 9.24. The molecule has 0 radical (unpaired) electrons. The van der Waals surface area contributed by atoms with Crippen LogP contribution in [0.15, 0.2) is 0 Å². The number of nitrogens with one attached hydrogen (secondary N) is 1. The Hall–Kier alpha value is -1.46. The van der Waals surface area contributed by atoms with E-state index in [4.69, 9.17) is 4.74 Å². The van der Waals surface area contributed by atoms with Crippen molar-refractivity contribution < 1.29 is 14.3 Å². The van der Waals surface area contributed by atoms with Crippen LogP contribution in [-0.4, -0.2) is 60.2 Å². The summed E-state index contributed by atoms with van der Waals surface area (Å²) in [5, 5.41) is 3.03. The molecule has 0 aromatic carbocycles. The summed E-state index contributed by atoms with van der Waals surface area (Å²) < 4.78 is 5.36. The van der Waals surface area contributed by atoms with Gasteiger partial charge in [-0.15, -0.1) is 0 Å². The second-order valence-electron chi connectivity index (χ2n) is 8.20. The van der Waals surface area contributed by atoms with E-state index in [1.165, 1.54) is 0 Å². The van der Waals surface area contributed by atoms with Gasteiger partial charge in [-0.3, -0.25) is 0 Å². The third kappa shape index (κ3) is 3.84. The molecule has 1 unspecified atom stereocenters. The van der Waals surface area contributed by atoms with Crippen molar-refractivity contribution in [3.8, 4) is 0 Å².